The Kier molecular flexibility index (Phi) is 7.87. The molecule has 0 aliphatic rings. The lowest BCUT2D eigenvalue weighted by atomic mass is 9.96. The lowest BCUT2D eigenvalue weighted by Crippen LogP contribution is -2.09. The second kappa shape index (κ2) is 13.8. The Hall–Kier alpha value is -7.86. The van der Waals surface area contributed by atoms with Crippen molar-refractivity contribution in [3.8, 4) is 0 Å². The molecular formula is C58H38N2O2S. The quantitative estimate of drug-likeness (QED) is 0.156. The average molecular weight is 827 g/mol. The number of benzene rings is 10. The molecule has 0 spiro atoms. The van der Waals surface area contributed by atoms with Crippen molar-refractivity contribution >= 4 is 131 Å². The van der Waals surface area contributed by atoms with Crippen molar-refractivity contribution in [2.24, 2.45) is 0 Å². The maximum Gasteiger partial charge on any atom is 0.135 e. The van der Waals surface area contributed by atoms with E-state index in [0.29, 0.717) is 0 Å². The summed E-state index contributed by atoms with van der Waals surface area (Å²) in [5.41, 5.74) is 12.6. The van der Waals surface area contributed by atoms with Gasteiger partial charge in [-0.3, -0.25) is 0 Å². The van der Waals surface area contributed by atoms with Crippen LogP contribution >= 0.6 is 11.3 Å². The Morgan fingerprint density at radius 3 is 1.29 bits per heavy atom. The molecule has 0 amide bonds. The van der Waals surface area contributed by atoms with Crippen molar-refractivity contribution in [3.63, 3.8) is 0 Å². The van der Waals surface area contributed by atoms with E-state index in [2.05, 4.69) is 194 Å². The number of fused-ring (bicyclic) bond motifs is 14. The van der Waals surface area contributed by atoms with Gasteiger partial charge in [0, 0.05) is 81.2 Å². The number of anilines is 6. The van der Waals surface area contributed by atoms with Crippen molar-refractivity contribution in [2.75, 3.05) is 9.80 Å². The molecule has 0 aliphatic heterocycles. The third kappa shape index (κ3) is 5.67. The van der Waals surface area contributed by atoms with Gasteiger partial charge in [-0.05, 0) is 127 Å². The summed E-state index contributed by atoms with van der Waals surface area (Å²) in [6, 6.07) is 70.3. The van der Waals surface area contributed by atoms with Crippen LogP contribution in [0.2, 0.25) is 0 Å². The number of hydrogen-bond acceptors (Lipinski definition) is 5. The van der Waals surface area contributed by atoms with Crippen molar-refractivity contribution in [2.45, 2.75) is 13.8 Å². The standard InChI is InChI=1S/C58H38N2O2S/c1-35-15-19-37(20-16-35)59(40-25-29-54-50(32-40)44-10-5-7-13-52(44)61-54)39-23-27-47-49(31-39)43-9-3-4-12-46(43)57-48-28-24-42(34-56(48)63-58(47)57)60(38-21-17-36(2)18-22-38)41-26-30-55-51(33-41)45-11-6-8-14-53(45)62-55/h3-34H,1-2H3. The lowest BCUT2D eigenvalue weighted by Gasteiger charge is -2.26. The zero-order valence-corrected chi connectivity index (χ0v) is 35.4. The molecule has 3 aromatic heterocycles. The molecule has 13 aromatic rings. The fourth-order valence-corrected chi connectivity index (χ4v) is 11.0. The molecule has 0 unspecified atom stereocenters. The fraction of sp³-hybridized carbons (Fsp3) is 0.0345. The van der Waals surface area contributed by atoms with Gasteiger partial charge in [0.15, 0.2) is 0 Å². The second-order valence-electron chi connectivity index (χ2n) is 16.7. The molecular weight excluding hydrogens is 789 g/mol. The highest BCUT2D eigenvalue weighted by Gasteiger charge is 2.21. The minimum absolute atomic E-state index is 0.887. The molecule has 4 nitrogen and oxygen atoms in total. The number of para-hydroxylation sites is 2. The van der Waals surface area contributed by atoms with Crippen LogP contribution in [0.5, 0.6) is 0 Å². The number of rotatable bonds is 6. The van der Waals surface area contributed by atoms with Gasteiger partial charge in [0.25, 0.3) is 0 Å². The molecule has 63 heavy (non-hydrogen) atoms. The van der Waals surface area contributed by atoms with E-state index in [-0.39, 0.29) is 0 Å². The van der Waals surface area contributed by atoms with Gasteiger partial charge in [-0.25, -0.2) is 0 Å². The summed E-state index contributed by atoms with van der Waals surface area (Å²) in [5.74, 6) is 0. The first-order valence-electron chi connectivity index (χ1n) is 21.4. The molecule has 10 aromatic carbocycles. The van der Waals surface area contributed by atoms with Crippen LogP contribution in [0.4, 0.5) is 34.1 Å². The Labute approximate surface area is 367 Å². The van der Waals surface area contributed by atoms with Crippen LogP contribution in [0.25, 0.3) is 85.6 Å². The molecule has 3 heterocycles. The first-order valence-corrected chi connectivity index (χ1v) is 22.2. The van der Waals surface area contributed by atoms with Crippen LogP contribution in [0.3, 0.4) is 0 Å². The maximum absolute atomic E-state index is 6.26. The van der Waals surface area contributed by atoms with Crippen LogP contribution in [0.1, 0.15) is 11.1 Å². The van der Waals surface area contributed by atoms with Gasteiger partial charge in [0.2, 0.25) is 0 Å². The topological polar surface area (TPSA) is 32.8 Å². The Morgan fingerprint density at radius 1 is 0.317 bits per heavy atom. The number of thiophene rings is 1. The Bertz CT molecular complexity index is 3950. The zero-order valence-electron chi connectivity index (χ0n) is 34.6. The van der Waals surface area contributed by atoms with Gasteiger partial charge in [-0.1, -0.05) is 108 Å². The molecule has 0 N–H and O–H groups in total. The summed E-state index contributed by atoms with van der Waals surface area (Å²) in [6.07, 6.45) is 0. The third-order valence-corrected chi connectivity index (χ3v) is 13.9. The van der Waals surface area contributed by atoms with E-state index >= 15 is 0 Å². The van der Waals surface area contributed by atoms with E-state index in [4.69, 9.17) is 8.83 Å². The number of furan rings is 2. The molecule has 0 bridgehead atoms. The van der Waals surface area contributed by atoms with Gasteiger partial charge in [-0.2, -0.15) is 0 Å². The normalized spacial score (nSPS) is 12.0. The van der Waals surface area contributed by atoms with Gasteiger partial charge in [0.1, 0.15) is 22.3 Å². The highest BCUT2D eigenvalue weighted by molar-refractivity contribution is 7.27. The van der Waals surface area contributed by atoms with Gasteiger partial charge >= 0.3 is 0 Å². The maximum atomic E-state index is 6.26. The van der Waals surface area contributed by atoms with E-state index in [0.717, 1.165) is 78.0 Å². The largest absolute Gasteiger partial charge is 0.456 e. The number of nitrogens with zero attached hydrogens (tertiary/aromatic N) is 2. The molecule has 13 rings (SSSR count). The average Bonchev–Trinajstić information content (AvgIpc) is 4.02. The molecule has 0 radical (unpaired) electrons. The smallest absolute Gasteiger partial charge is 0.135 e. The summed E-state index contributed by atoms with van der Waals surface area (Å²) in [5, 5.41) is 12.0. The third-order valence-electron chi connectivity index (χ3n) is 12.7. The number of aryl methyl sites for hydroxylation is 2. The number of hydrogen-bond donors (Lipinski definition) is 0. The van der Waals surface area contributed by atoms with Crippen LogP contribution < -0.4 is 9.80 Å². The van der Waals surface area contributed by atoms with Crippen LogP contribution in [0.15, 0.2) is 203 Å². The fourth-order valence-electron chi connectivity index (χ4n) is 9.70. The van der Waals surface area contributed by atoms with Gasteiger partial charge in [0.05, 0.1) is 0 Å². The van der Waals surface area contributed by atoms with Crippen LogP contribution in [0, 0.1) is 13.8 Å². The minimum Gasteiger partial charge on any atom is -0.456 e. The van der Waals surface area contributed by atoms with E-state index in [1.807, 2.05) is 35.6 Å². The first-order chi connectivity index (χ1) is 31.0. The minimum atomic E-state index is 0.887. The summed E-state index contributed by atoms with van der Waals surface area (Å²) in [6.45, 7) is 4.28. The monoisotopic (exact) mass is 826 g/mol. The molecule has 0 saturated heterocycles. The highest BCUT2D eigenvalue weighted by Crippen LogP contribution is 2.48. The van der Waals surface area contributed by atoms with Gasteiger partial charge in [-0.15, -0.1) is 11.3 Å². The molecule has 0 saturated carbocycles. The molecule has 298 valence electrons. The van der Waals surface area contributed by atoms with Crippen molar-refractivity contribution in [1.29, 1.82) is 0 Å². The highest BCUT2D eigenvalue weighted by atomic mass is 32.1. The predicted molar refractivity (Wildman–Crippen MR) is 268 cm³/mol. The van der Waals surface area contributed by atoms with E-state index < -0.39 is 0 Å². The summed E-state index contributed by atoms with van der Waals surface area (Å²) in [7, 11) is 0. The van der Waals surface area contributed by atoms with E-state index in [1.54, 1.807) is 0 Å². The van der Waals surface area contributed by atoms with E-state index in [1.165, 1.54) is 52.8 Å². The van der Waals surface area contributed by atoms with Crippen molar-refractivity contribution < 1.29 is 8.83 Å². The van der Waals surface area contributed by atoms with Crippen LogP contribution in [-0.4, -0.2) is 0 Å². The molecule has 5 heteroatoms. The second-order valence-corrected chi connectivity index (χ2v) is 17.7. The first kappa shape index (κ1) is 35.9. The van der Waals surface area contributed by atoms with Crippen molar-refractivity contribution in [3.05, 3.63) is 205 Å². The predicted octanol–water partition coefficient (Wildman–Crippen LogP) is 17.7. The van der Waals surface area contributed by atoms with Crippen molar-refractivity contribution in [1.82, 2.24) is 0 Å². The molecule has 0 aliphatic carbocycles. The molecule has 0 fully saturated rings. The van der Waals surface area contributed by atoms with E-state index in [9.17, 15) is 0 Å². The Balaban J connectivity index is 1.00. The summed E-state index contributed by atoms with van der Waals surface area (Å²) >= 11 is 1.88. The van der Waals surface area contributed by atoms with Crippen LogP contribution in [-0.2, 0) is 0 Å². The summed E-state index contributed by atoms with van der Waals surface area (Å²) in [4.78, 5) is 4.75. The van der Waals surface area contributed by atoms with Gasteiger partial charge < -0.3 is 18.6 Å². The SMILES string of the molecule is Cc1ccc(N(c2ccc3c(c2)sc2c4ccc(N(c5ccc(C)cc5)c5ccc6oc7ccccc7c6c5)cc4c4ccccc4c32)c2ccc3oc4ccccc4c3c2)cc1. The molecule has 0 atom stereocenters. The lowest BCUT2D eigenvalue weighted by molar-refractivity contribution is 0.668. The Morgan fingerprint density at radius 2 is 0.730 bits per heavy atom. The zero-order chi connectivity index (χ0) is 41.8. The summed E-state index contributed by atoms with van der Waals surface area (Å²) < 4.78 is 15.1.